The summed E-state index contributed by atoms with van der Waals surface area (Å²) >= 11 is 0. The minimum Gasteiger partial charge on any atom is -0.374 e. The van der Waals surface area contributed by atoms with E-state index >= 15 is 0 Å². The summed E-state index contributed by atoms with van der Waals surface area (Å²) in [7, 11) is 2.07. The molecule has 0 aromatic heterocycles. The van der Waals surface area contributed by atoms with Crippen molar-refractivity contribution in [3.8, 4) is 6.07 Å². The minimum absolute atomic E-state index is 0.0902. The molecule has 2 fully saturated rings. The van der Waals surface area contributed by atoms with Gasteiger partial charge in [0.15, 0.2) is 0 Å². The Balaban J connectivity index is 1.77. The zero-order valence-corrected chi connectivity index (χ0v) is 13.7. The van der Waals surface area contributed by atoms with Gasteiger partial charge in [0.25, 0.3) is 0 Å². The summed E-state index contributed by atoms with van der Waals surface area (Å²) in [6.07, 6.45) is 4.82. The van der Waals surface area contributed by atoms with Crippen molar-refractivity contribution in [3.05, 3.63) is 0 Å². The molecule has 0 bridgehead atoms. The van der Waals surface area contributed by atoms with E-state index < -0.39 is 5.54 Å². The number of rotatable bonds is 5. The summed E-state index contributed by atoms with van der Waals surface area (Å²) in [6.45, 7) is 5.07. The van der Waals surface area contributed by atoms with Crippen LogP contribution >= 0.6 is 0 Å². The predicted octanol–water partition coefficient (Wildman–Crippen LogP) is 0.638. The number of nitrogens with zero attached hydrogens (tertiary/aromatic N) is 2. The normalized spacial score (nSPS) is 26.9. The summed E-state index contributed by atoms with van der Waals surface area (Å²) in [6, 6.07) is 2.01. The summed E-state index contributed by atoms with van der Waals surface area (Å²) in [5.41, 5.74) is -0.660. The monoisotopic (exact) mass is 308 g/mol. The van der Waals surface area contributed by atoms with E-state index in [1.807, 2.05) is 6.92 Å². The Morgan fingerprint density at radius 2 is 2.18 bits per heavy atom. The van der Waals surface area contributed by atoms with Gasteiger partial charge in [-0.1, -0.05) is 19.3 Å². The van der Waals surface area contributed by atoms with Gasteiger partial charge in [-0.25, -0.2) is 0 Å². The number of morpholine rings is 1. The Hall–Kier alpha value is -1.16. The van der Waals surface area contributed by atoms with Crippen LogP contribution in [0.1, 0.15) is 39.0 Å². The van der Waals surface area contributed by atoms with Crippen LogP contribution < -0.4 is 10.6 Å². The highest BCUT2D eigenvalue weighted by molar-refractivity contribution is 5.82. The first kappa shape index (κ1) is 17.2. The van der Waals surface area contributed by atoms with Crippen LogP contribution in [0.25, 0.3) is 0 Å². The second-order valence-corrected chi connectivity index (χ2v) is 6.63. The maximum atomic E-state index is 12.3. The molecule has 0 aromatic carbocycles. The van der Waals surface area contributed by atoms with Crippen LogP contribution in [0.4, 0.5) is 0 Å². The molecule has 1 aliphatic heterocycles. The van der Waals surface area contributed by atoms with E-state index in [0.717, 1.165) is 51.8 Å². The van der Waals surface area contributed by atoms with Gasteiger partial charge in [0, 0.05) is 19.6 Å². The van der Waals surface area contributed by atoms with Crippen LogP contribution in [-0.4, -0.2) is 61.8 Å². The van der Waals surface area contributed by atoms with Crippen LogP contribution in [0.15, 0.2) is 0 Å². The fourth-order valence-electron chi connectivity index (χ4n) is 3.16. The summed E-state index contributed by atoms with van der Waals surface area (Å²) in [5, 5.41) is 15.6. The lowest BCUT2D eigenvalue weighted by Crippen LogP contribution is -2.55. The Labute approximate surface area is 133 Å². The SMILES string of the molecule is CC(NCC1CN(C)CCO1)C(=O)NC1(C#N)CCCCC1. The van der Waals surface area contributed by atoms with Gasteiger partial charge in [-0.15, -0.1) is 0 Å². The molecule has 6 heteroatoms. The molecule has 22 heavy (non-hydrogen) atoms. The third kappa shape index (κ3) is 4.67. The second-order valence-electron chi connectivity index (χ2n) is 6.63. The van der Waals surface area contributed by atoms with E-state index in [4.69, 9.17) is 4.74 Å². The molecule has 124 valence electrons. The molecule has 1 heterocycles. The number of amides is 1. The van der Waals surface area contributed by atoms with E-state index in [1.54, 1.807) is 0 Å². The Morgan fingerprint density at radius 3 is 2.82 bits per heavy atom. The average Bonchev–Trinajstić information content (AvgIpc) is 2.53. The van der Waals surface area contributed by atoms with Crippen LogP contribution in [0.2, 0.25) is 0 Å². The Morgan fingerprint density at radius 1 is 1.45 bits per heavy atom. The third-order valence-electron chi connectivity index (χ3n) is 4.67. The van der Waals surface area contributed by atoms with E-state index in [2.05, 4.69) is 28.7 Å². The maximum Gasteiger partial charge on any atom is 0.238 e. The Bertz CT molecular complexity index is 415. The number of hydrogen-bond acceptors (Lipinski definition) is 5. The molecule has 1 aliphatic carbocycles. The van der Waals surface area contributed by atoms with Crippen LogP contribution in [-0.2, 0) is 9.53 Å². The molecule has 2 rings (SSSR count). The molecular formula is C16H28N4O2. The highest BCUT2D eigenvalue weighted by Gasteiger charge is 2.34. The Kier molecular flexibility index (Phi) is 6.18. The summed E-state index contributed by atoms with van der Waals surface area (Å²) in [4.78, 5) is 14.6. The van der Waals surface area contributed by atoms with Crippen molar-refractivity contribution in [2.45, 2.75) is 56.7 Å². The molecule has 0 aromatic rings. The first-order valence-electron chi connectivity index (χ1n) is 8.31. The molecule has 1 saturated heterocycles. The minimum atomic E-state index is -0.660. The van der Waals surface area contributed by atoms with Crippen LogP contribution in [0, 0.1) is 11.3 Å². The van der Waals surface area contributed by atoms with Crippen molar-refractivity contribution in [1.29, 1.82) is 5.26 Å². The maximum absolute atomic E-state index is 12.3. The lowest BCUT2D eigenvalue weighted by Gasteiger charge is -2.33. The molecule has 1 amide bonds. The van der Waals surface area contributed by atoms with Gasteiger partial charge in [0.1, 0.15) is 5.54 Å². The smallest absolute Gasteiger partial charge is 0.238 e. The van der Waals surface area contributed by atoms with E-state index in [1.165, 1.54) is 0 Å². The molecule has 2 atom stereocenters. The van der Waals surface area contributed by atoms with Crippen molar-refractivity contribution >= 4 is 5.91 Å². The topological polar surface area (TPSA) is 77.4 Å². The van der Waals surface area contributed by atoms with Crippen LogP contribution in [0.5, 0.6) is 0 Å². The number of likely N-dealkylation sites (N-methyl/N-ethyl adjacent to an activating group) is 1. The van der Waals surface area contributed by atoms with Crippen molar-refractivity contribution in [3.63, 3.8) is 0 Å². The van der Waals surface area contributed by atoms with Gasteiger partial charge in [-0.2, -0.15) is 5.26 Å². The van der Waals surface area contributed by atoms with Crippen molar-refractivity contribution in [1.82, 2.24) is 15.5 Å². The molecule has 2 N–H and O–H groups in total. The third-order valence-corrected chi connectivity index (χ3v) is 4.67. The van der Waals surface area contributed by atoms with Crippen molar-refractivity contribution < 1.29 is 9.53 Å². The number of hydrogen-bond donors (Lipinski definition) is 2. The number of ether oxygens (including phenoxy) is 1. The molecular weight excluding hydrogens is 280 g/mol. The van der Waals surface area contributed by atoms with Crippen molar-refractivity contribution in [2.75, 3.05) is 33.3 Å². The van der Waals surface area contributed by atoms with Gasteiger partial charge in [-0.05, 0) is 26.8 Å². The van der Waals surface area contributed by atoms with Gasteiger partial charge in [0.2, 0.25) is 5.91 Å². The molecule has 6 nitrogen and oxygen atoms in total. The highest BCUT2D eigenvalue weighted by atomic mass is 16.5. The number of nitriles is 1. The highest BCUT2D eigenvalue weighted by Crippen LogP contribution is 2.27. The predicted molar refractivity (Wildman–Crippen MR) is 84.3 cm³/mol. The van der Waals surface area contributed by atoms with Crippen molar-refractivity contribution in [2.24, 2.45) is 0 Å². The zero-order chi connectivity index (χ0) is 16.0. The fourth-order valence-corrected chi connectivity index (χ4v) is 3.16. The van der Waals surface area contributed by atoms with E-state index in [-0.39, 0.29) is 18.1 Å². The van der Waals surface area contributed by atoms with Crippen LogP contribution in [0.3, 0.4) is 0 Å². The number of nitrogens with one attached hydrogen (secondary N) is 2. The van der Waals surface area contributed by atoms with Gasteiger partial charge >= 0.3 is 0 Å². The average molecular weight is 308 g/mol. The molecule has 2 aliphatic rings. The second kappa shape index (κ2) is 7.91. The first-order chi connectivity index (χ1) is 10.5. The van der Waals surface area contributed by atoms with E-state index in [0.29, 0.717) is 6.54 Å². The molecule has 0 radical (unpaired) electrons. The van der Waals surface area contributed by atoms with Gasteiger partial charge in [-0.3, -0.25) is 4.79 Å². The molecule has 1 saturated carbocycles. The standard InChI is InChI=1S/C16H28N4O2/c1-13(18-10-14-11-20(2)8-9-22-14)15(21)19-16(12-17)6-4-3-5-7-16/h13-14,18H,3-11H2,1-2H3,(H,19,21). The van der Waals surface area contributed by atoms with Gasteiger partial charge < -0.3 is 20.3 Å². The number of carbonyl (C=O) groups is 1. The summed E-state index contributed by atoms with van der Waals surface area (Å²) in [5.74, 6) is -0.0902. The van der Waals surface area contributed by atoms with Gasteiger partial charge in [0.05, 0.1) is 24.8 Å². The lowest BCUT2D eigenvalue weighted by atomic mass is 9.82. The summed E-state index contributed by atoms with van der Waals surface area (Å²) < 4.78 is 5.68. The first-order valence-corrected chi connectivity index (χ1v) is 8.31. The molecule has 0 spiro atoms. The quantitative estimate of drug-likeness (QED) is 0.779. The molecule has 2 unspecified atom stereocenters. The zero-order valence-electron chi connectivity index (χ0n) is 13.7. The number of carbonyl (C=O) groups excluding carboxylic acids is 1. The largest absolute Gasteiger partial charge is 0.374 e. The van der Waals surface area contributed by atoms with E-state index in [9.17, 15) is 10.1 Å². The fraction of sp³-hybridized carbons (Fsp3) is 0.875. The lowest BCUT2D eigenvalue weighted by molar-refractivity contribution is -0.124.